The van der Waals surface area contributed by atoms with Crippen LogP contribution >= 0.6 is 11.8 Å². The van der Waals surface area contributed by atoms with Crippen LogP contribution in [0.25, 0.3) is 21.9 Å². The van der Waals surface area contributed by atoms with Gasteiger partial charge in [0.2, 0.25) is 0 Å². The van der Waals surface area contributed by atoms with E-state index in [4.69, 9.17) is 13.7 Å². The van der Waals surface area contributed by atoms with E-state index in [1.165, 1.54) is 5.56 Å². The van der Waals surface area contributed by atoms with Crippen molar-refractivity contribution in [3.8, 4) is 6.07 Å². The molecule has 2 aliphatic heterocycles. The Balaban J connectivity index is 1.41. The summed E-state index contributed by atoms with van der Waals surface area (Å²) >= 11 is 1.70. The quantitative estimate of drug-likeness (QED) is 0.193. The van der Waals surface area contributed by atoms with E-state index in [0.717, 1.165) is 53.9 Å². The largest absolute Gasteiger partial charge is 0.494 e. The minimum atomic E-state index is -0.660. The highest BCUT2D eigenvalue weighted by Crippen LogP contribution is 2.56. The molecular formula is C38H30BNO3S. The number of nitriles is 1. The van der Waals surface area contributed by atoms with Crippen molar-refractivity contribution in [1.29, 1.82) is 5.26 Å². The van der Waals surface area contributed by atoms with Crippen LogP contribution in [0, 0.1) is 11.3 Å². The Morgan fingerprint density at radius 3 is 2.05 bits per heavy atom. The third-order valence-corrected chi connectivity index (χ3v) is 10.8. The van der Waals surface area contributed by atoms with Crippen LogP contribution < -0.4 is 5.46 Å². The molecule has 1 atom stereocenters. The predicted octanol–water partition coefficient (Wildman–Crippen LogP) is 8.60. The molecule has 0 N–H and O–H groups in total. The monoisotopic (exact) mass is 591 g/mol. The van der Waals surface area contributed by atoms with E-state index in [2.05, 4.69) is 113 Å². The molecule has 6 heteroatoms. The lowest BCUT2D eigenvalue weighted by Gasteiger charge is -2.42. The fourth-order valence-corrected chi connectivity index (χ4v) is 8.02. The lowest BCUT2D eigenvalue weighted by molar-refractivity contribution is 0.00578. The summed E-state index contributed by atoms with van der Waals surface area (Å²) in [5.74, 6) is 0. The Bertz CT molecular complexity index is 2130. The van der Waals surface area contributed by atoms with Crippen molar-refractivity contribution in [1.82, 2.24) is 0 Å². The van der Waals surface area contributed by atoms with Gasteiger partial charge in [-0.05, 0) is 85.7 Å². The van der Waals surface area contributed by atoms with E-state index in [1.807, 2.05) is 30.3 Å². The summed E-state index contributed by atoms with van der Waals surface area (Å²) in [5.41, 5.74) is 6.35. The van der Waals surface area contributed by atoms with E-state index in [-0.39, 0.29) is 0 Å². The van der Waals surface area contributed by atoms with Gasteiger partial charge in [0.25, 0.3) is 0 Å². The maximum atomic E-state index is 9.87. The average Bonchev–Trinajstić information content (AvgIpc) is 3.51. The molecule has 0 amide bonds. The van der Waals surface area contributed by atoms with Gasteiger partial charge in [0.15, 0.2) is 0 Å². The van der Waals surface area contributed by atoms with Gasteiger partial charge in [0, 0.05) is 20.6 Å². The summed E-state index contributed by atoms with van der Waals surface area (Å²) in [7, 11) is -0.476. The summed E-state index contributed by atoms with van der Waals surface area (Å²) in [5, 5.41) is 12.1. The van der Waals surface area contributed by atoms with Crippen LogP contribution in [-0.2, 0) is 14.7 Å². The number of hydrogen-bond donors (Lipinski definition) is 0. The van der Waals surface area contributed by atoms with Crippen LogP contribution in [0.4, 0.5) is 0 Å². The maximum Gasteiger partial charge on any atom is 0.494 e. The smallest absolute Gasteiger partial charge is 0.456 e. The number of furan rings is 1. The van der Waals surface area contributed by atoms with Gasteiger partial charge in [-0.1, -0.05) is 90.6 Å². The van der Waals surface area contributed by atoms with Gasteiger partial charge < -0.3 is 13.7 Å². The summed E-state index contributed by atoms with van der Waals surface area (Å²) in [6, 6.07) is 40.5. The van der Waals surface area contributed by atoms with Gasteiger partial charge in [-0.2, -0.15) is 5.26 Å². The van der Waals surface area contributed by atoms with Crippen LogP contribution in [0.2, 0.25) is 0 Å². The average molecular weight is 592 g/mol. The topological polar surface area (TPSA) is 55.4 Å². The molecule has 214 valence electrons. The van der Waals surface area contributed by atoms with E-state index in [0.29, 0.717) is 5.56 Å². The van der Waals surface area contributed by atoms with Crippen LogP contribution in [0.5, 0.6) is 0 Å². The molecule has 0 spiro atoms. The first-order valence-electron chi connectivity index (χ1n) is 14.9. The second-order valence-electron chi connectivity index (χ2n) is 12.7. The van der Waals surface area contributed by atoms with Crippen LogP contribution in [0.3, 0.4) is 0 Å². The van der Waals surface area contributed by atoms with Crippen LogP contribution in [0.1, 0.15) is 55.5 Å². The molecule has 2 aliphatic rings. The number of rotatable bonds is 3. The number of nitrogens with zero attached hydrogens (tertiary/aromatic N) is 1. The van der Waals surface area contributed by atoms with Gasteiger partial charge in [-0.15, -0.1) is 0 Å². The number of fused-ring (bicyclic) bond motifs is 5. The molecule has 0 saturated carbocycles. The molecule has 6 aromatic rings. The van der Waals surface area contributed by atoms with Crippen LogP contribution in [-0.4, -0.2) is 18.3 Å². The minimum absolute atomic E-state index is 0.440. The number of benzene rings is 5. The summed E-state index contributed by atoms with van der Waals surface area (Å²) in [6.07, 6.45) is 0. The first-order valence-corrected chi connectivity index (χ1v) is 15.7. The van der Waals surface area contributed by atoms with Crippen molar-refractivity contribution in [2.24, 2.45) is 0 Å². The summed E-state index contributed by atoms with van der Waals surface area (Å²) in [4.78, 5) is 2.16. The van der Waals surface area contributed by atoms with E-state index in [9.17, 15) is 5.26 Å². The molecule has 5 aromatic carbocycles. The molecule has 0 bridgehead atoms. The van der Waals surface area contributed by atoms with Crippen LogP contribution in [0.15, 0.2) is 123 Å². The third kappa shape index (κ3) is 3.87. The number of hydrogen-bond acceptors (Lipinski definition) is 5. The van der Waals surface area contributed by atoms with Crippen molar-refractivity contribution in [2.45, 2.75) is 54.1 Å². The van der Waals surface area contributed by atoms with Gasteiger partial charge in [0.05, 0.1) is 28.2 Å². The van der Waals surface area contributed by atoms with E-state index in [1.54, 1.807) is 11.8 Å². The SMILES string of the molecule is CC1(C)OB(c2ccc3c(c2)Sc2cc(C#N)ccc2C3(c2ccccc2)c2ccc3c(c2)oc2ccccc23)OC1(C)C. The van der Waals surface area contributed by atoms with Crippen molar-refractivity contribution in [3.63, 3.8) is 0 Å². The Kier molecular flexibility index (Phi) is 5.96. The second kappa shape index (κ2) is 9.61. The summed E-state index contributed by atoms with van der Waals surface area (Å²) in [6.45, 7) is 8.31. The van der Waals surface area contributed by atoms with Gasteiger partial charge in [-0.25, -0.2) is 0 Å². The Morgan fingerprint density at radius 1 is 0.636 bits per heavy atom. The van der Waals surface area contributed by atoms with E-state index >= 15 is 0 Å². The fraction of sp³-hybridized carbons (Fsp3) is 0.184. The Labute approximate surface area is 261 Å². The number of para-hydroxylation sites is 1. The molecular weight excluding hydrogens is 561 g/mol. The van der Waals surface area contributed by atoms with Gasteiger partial charge in [-0.3, -0.25) is 0 Å². The lowest BCUT2D eigenvalue weighted by Crippen LogP contribution is -2.41. The molecule has 3 heterocycles. The van der Waals surface area contributed by atoms with Crippen molar-refractivity contribution >= 4 is 46.3 Å². The van der Waals surface area contributed by atoms with Gasteiger partial charge in [0.1, 0.15) is 11.2 Å². The predicted molar refractivity (Wildman–Crippen MR) is 177 cm³/mol. The third-order valence-electron chi connectivity index (χ3n) is 9.69. The standard InChI is InChI=1S/C38H30BNO3S/c1-36(2)37(3,4)43-39(42-36)27-16-19-31-35(22-27)44-34-20-24(23-40)14-18-30(34)38(31,25-10-6-5-7-11-25)26-15-17-29-28-12-8-9-13-32(28)41-33(29)21-26/h5-22H,1-4H3. The highest BCUT2D eigenvalue weighted by atomic mass is 32.2. The Hall–Kier alpha value is -4.28. The second-order valence-corrected chi connectivity index (χ2v) is 13.8. The van der Waals surface area contributed by atoms with Crippen molar-refractivity contribution < 1.29 is 13.7 Å². The van der Waals surface area contributed by atoms with Gasteiger partial charge >= 0.3 is 7.12 Å². The lowest BCUT2D eigenvalue weighted by atomic mass is 9.64. The molecule has 1 aromatic heterocycles. The molecule has 44 heavy (non-hydrogen) atoms. The van der Waals surface area contributed by atoms with E-state index < -0.39 is 23.7 Å². The van der Waals surface area contributed by atoms with Crippen molar-refractivity contribution in [3.05, 3.63) is 137 Å². The highest BCUT2D eigenvalue weighted by molar-refractivity contribution is 7.99. The molecule has 1 saturated heterocycles. The highest BCUT2D eigenvalue weighted by Gasteiger charge is 2.52. The molecule has 8 rings (SSSR count). The first-order chi connectivity index (χ1) is 21.2. The molecule has 4 nitrogen and oxygen atoms in total. The molecule has 1 unspecified atom stereocenters. The fourth-order valence-electron chi connectivity index (χ4n) is 6.74. The first kappa shape index (κ1) is 27.3. The molecule has 1 fully saturated rings. The zero-order valence-corrected chi connectivity index (χ0v) is 25.9. The Morgan fingerprint density at radius 2 is 1.30 bits per heavy atom. The normalized spacial score (nSPS) is 19.9. The minimum Gasteiger partial charge on any atom is -0.456 e. The molecule has 0 radical (unpaired) electrons. The summed E-state index contributed by atoms with van der Waals surface area (Å²) < 4.78 is 19.3. The zero-order valence-electron chi connectivity index (χ0n) is 25.0. The molecule has 0 aliphatic carbocycles. The van der Waals surface area contributed by atoms with Crippen molar-refractivity contribution in [2.75, 3.05) is 0 Å². The zero-order chi connectivity index (χ0) is 30.3. The maximum absolute atomic E-state index is 9.87.